The number of hydrogen-bond acceptors (Lipinski definition) is 1. The van der Waals surface area contributed by atoms with Crippen molar-refractivity contribution in [1.29, 1.82) is 0 Å². The van der Waals surface area contributed by atoms with Crippen molar-refractivity contribution < 1.29 is 13.2 Å². The Morgan fingerprint density at radius 3 is 2.46 bits per heavy atom. The summed E-state index contributed by atoms with van der Waals surface area (Å²) in [6, 6.07) is 2.72. The van der Waals surface area contributed by atoms with E-state index >= 15 is 0 Å². The molecule has 0 aliphatic rings. The quantitative estimate of drug-likeness (QED) is 0.563. The number of rotatable bonds is 1. The van der Waals surface area contributed by atoms with Gasteiger partial charge in [-0.05, 0) is 27.6 Å². The maximum absolute atomic E-state index is 12.3. The Hall–Kier alpha value is -0.290. The van der Waals surface area contributed by atoms with Gasteiger partial charge in [0, 0.05) is 5.88 Å². The molecule has 1 heterocycles. The molecule has 72 valence electrons. The lowest BCUT2D eigenvalue weighted by molar-refractivity contribution is -0.141. The smallest absolute Gasteiger partial charge is 0.236 e. The van der Waals surface area contributed by atoms with Gasteiger partial charge in [-0.15, -0.1) is 11.6 Å². The fourth-order valence-corrected chi connectivity index (χ4v) is 1.34. The molecular weight excluding hydrogens is 270 g/mol. The van der Waals surface area contributed by atoms with Gasteiger partial charge in [0.05, 0.1) is 0 Å². The van der Waals surface area contributed by atoms with E-state index in [1.807, 2.05) is 0 Å². The summed E-state index contributed by atoms with van der Waals surface area (Å²) in [6.45, 7) is 0. The van der Waals surface area contributed by atoms with Gasteiger partial charge in [0.2, 0.25) is 0 Å². The molecule has 0 aromatic carbocycles. The minimum atomic E-state index is -4.45. The Labute approximate surface area is 86.0 Å². The molecule has 0 aliphatic carbocycles. The largest absolute Gasteiger partial charge is 0.433 e. The SMILES string of the molecule is FC(F)(F)c1nc(Br)ccc1CCl. The molecule has 1 rings (SSSR count). The predicted molar refractivity (Wildman–Crippen MR) is 46.5 cm³/mol. The zero-order valence-corrected chi connectivity index (χ0v) is 8.54. The van der Waals surface area contributed by atoms with E-state index in [1.165, 1.54) is 12.1 Å². The first-order valence-electron chi connectivity index (χ1n) is 3.23. The first-order chi connectivity index (χ1) is 5.95. The van der Waals surface area contributed by atoms with Crippen molar-refractivity contribution in [1.82, 2.24) is 4.98 Å². The molecule has 0 atom stereocenters. The Bertz CT molecular complexity index is 313. The number of halogens is 5. The lowest BCUT2D eigenvalue weighted by Gasteiger charge is -2.09. The van der Waals surface area contributed by atoms with Crippen LogP contribution in [-0.4, -0.2) is 4.98 Å². The molecule has 0 aliphatic heterocycles. The van der Waals surface area contributed by atoms with Crippen LogP contribution in [0.1, 0.15) is 11.3 Å². The highest BCUT2D eigenvalue weighted by atomic mass is 79.9. The first-order valence-corrected chi connectivity index (χ1v) is 4.56. The zero-order valence-electron chi connectivity index (χ0n) is 6.20. The molecule has 1 aromatic heterocycles. The summed E-state index contributed by atoms with van der Waals surface area (Å²) in [5, 5.41) is 0. The van der Waals surface area contributed by atoms with Crippen molar-refractivity contribution >= 4 is 27.5 Å². The molecule has 6 heteroatoms. The minimum Gasteiger partial charge on any atom is -0.236 e. The number of nitrogens with zero attached hydrogens (tertiary/aromatic N) is 1. The molecule has 1 aromatic rings. The lowest BCUT2D eigenvalue weighted by atomic mass is 10.2. The summed E-state index contributed by atoms with van der Waals surface area (Å²) in [6.07, 6.45) is -4.45. The standard InChI is InChI=1S/C7H4BrClF3N/c8-5-2-1-4(3-9)6(13-5)7(10,11)12/h1-2H,3H2. The summed E-state index contributed by atoms with van der Waals surface area (Å²) >= 11 is 8.20. The third kappa shape index (κ3) is 2.57. The third-order valence-corrected chi connectivity index (χ3v) is 2.09. The Balaban J connectivity index is 3.24. The normalized spacial score (nSPS) is 11.8. The van der Waals surface area contributed by atoms with E-state index in [-0.39, 0.29) is 16.0 Å². The Kier molecular flexibility index (Phi) is 3.18. The monoisotopic (exact) mass is 273 g/mol. The Morgan fingerprint density at radius 2 is 2.00 bits per heavy atom. The molecule has 13 heavy (non-hydrogen) atoms. The van der Waals surface area contributed by atoms with Crippen LogP contribution < -0.4 is 0 Å². The highest BCUT2D eigenvalue weighted by molar-refractivity contribution is 9.10. The van der Waals surface area contributed by atoms with Gasteiger partial charge in [-0.25, -0.2) is 4.98 Å². The third-order valence-electron chi connectivity index (χ3n) is 1.36. The second-order valence-electron chi connectivity index (χ2n) is 2.27. The summed E-state index contributed by atoms with van der Waals surface area (Å²) in [5.41, 5.74) is -0.950. The molecule has 0 radical (unpaired) electrons. The van der Waals surface area contributed by atoms with E-state index in [0.29, 0.717) is 0 Å². The molecule has 0 unspecified atom stereocenters. The van der Waals surface area contributed by atoms with E-state index in [4.69, 9.17) is 11.6 Å². The van der Waals surface area contributed by atoms with Crippen LogP contribution in [0.2, 0.25) is 0 Å². The van der Waals surface area contributed by atoms with Gasteiger partial charge >= 0.3 is 6.18 Å². The van der Waals surface area contributed by atoms with Crippen LogP contribution in [0.4, 0.5) is 13.2 Å². The van der Waals surface area contributed by atoms with Crippen LogP contribution in [0.5, 0.6) is 0 Å². The van der Waals surface area contributed by atoms with Crippen LogP contribution >= 0.6 is 27.5 Å². The van der Waals surface area contributed by atoms with Crippen molar-refractivity contribution in [2.24, 2.45) is 0 Å². The second kappa shape index (κ2) is 3.84. The average molecular weight is 274 g/mol. The van der Waals surface area contributed by atoms with Crippen molar-refractivity contribution in [3.63, 3.8) is 0 Å². The van der Waals surface area contributed by atoms with Crippen LogP contribution in [0.15, 0.2) is 16.7 Å². The van der Waals surface area contributed by atoms with Crippen LogP contribution in [0.25, 0.3) is 0 Å². The lowest BCUT2D eigenvalue weighted by Crippen LogP contribution is -2.11. The van der Waals surface area contributed by atoms with Gasteiger partial charge < -0.3 is 0 Å². The van der Waals surface area contributed by atoms with Crippen molar-refractivity contribution in [2.75, 3.05) is 0 Å². The van der Waals surface area contributed by atoms with E-state index in [2.05, 4.69) is 20.9 Å². The molecule has 0 fully saturated rings. The highest BCUT2D eigenvalue weighted by Crippen LogP contribution is 2.31. The molecule has 0 N–H and O–H groups in total. The highest BCUT2D eigenvalue weighted by Gasteiger charge is 2.35. The molecule has 0 saturated heterocycles. The average Bonchev–Trinajstić information content (AvgIpc) is 2.03. The Morgan fingerprint density at radius 1 is 1.38 bits per heavy atom. The summed E-state index contributed by atoms with van der Waals surface area (Å²) in [7, 11) is 0. The molecule has 0 spiro atoms. The summed E-state index contributed by atoms with van der Waals surface area (Å²) in [4.78, 5) is 3.32. The fourth-order valence-electron chi connectivity index (χ4n) is 0.817. The van der Waals surface area contributed by atoms with Gasteiger partial charge in [0.25, 0.3) is 0 Å². The number of hydrogen-bond donors (Lipinski definition) is 0. The summed E-state index contributed by atoms with van der Waals surface area (Å²) < 4.78 is 37.0. The predicted octanol–water partition coefficient (Wildman–Crippen LogP) is 3.60. The van der Waals surface area contributed by atoms with Gasteiger partial charge in [0.15, 0.2) is 0 Å². The topological polar surface area (TPSA) is 12.9 Å². The van der Waals surface area contributed by atoms with Crippen molar-refractivity contribution in [3.8, 4) is 0 Å². The van der Waals surface area contributed by atoms with Crippen molar-refractivity contribution in [2.45, 2.75) is 12.1 Å². The van der Waals surface area contributed by atoms with Gasteiger partial charge in [-0.3, -0.25) is 0 Å². The van der Waals surface area contributed by atoms with Crippen LogP contribution in [-0.2, 0) is 12.1 Å². The molecule has 0 bridgehead atoms. The maximum atomic E-state index is 12.3. The maximum Gasteiger partial charge on any atom is 0.433 e. The molecule has 0 amide bonds. The van der Waals surface area contributed by atoms with E-state index in [1.54, 1.807) is 0 Å². The number of pyridine rings is 1. The van der Waals surface area contributed by atoms with Gasteiger partial charge in [0.1, 0.15) is 10.3 Å². The first kappa shape index (κ1) is 10.8. The van der Waals surface area contributed by atoms with Crippen LogP contribution in [0, 0.1) is 0 Å². The second-order valence-corrected chi connectivity index (χ2v) is 3.35. The fraction of sp³-hybridized carbons (Fsp3) is 0.286. The minimum absolute atomic E-state index is 0.0163. The van der Waals surface area contributed by atoms with Crippen molar-refractivity contribution in [3.05, 3.63) is 28.0 Å². The van der Waals surface area contributed by atoms with E-state index in [0.717, 1.165) is 0 Å². The molecule has 0 saturated carbocycles. The van der Waals surface area contributed by atoms with E-state index in [9.17, 15) is 13.2 Å². The van der Waals surface area contributed by atoms with E-state index < -0.39 is 11.9 Å². The number of alkyl halides is 4. The van der Waals surface area contributed by atoms with Gasteiger partial charge in [-0.1, -0.05) is 6.07 Å². The zero-order chi connectivity index (χ0) is 10.1. The van der Waals surface area contributed by atoms with Gasteiger partial charge in [-0.2, -0.15) is 13.2 Å². The summed E-state index contributed by atoms with van der Waals surface area (Å²) in [5.74, 6) is -0.199. The molecular formula is C7H4BrClF3N. The van der Waals surface area contributed by atoms with Crippen LogP contribution in [0.3, 0.4) is 0 Å². The molecule has 1 nitrogen and oxygen atoms in total. The number of aromatic nitrogens is 1.